The fourth-order valence-electron chi connectivity index (χ4n) is 9.56. The molecule has 270 valence electrons. The van der Waals surface area contributed by atoms with E-state index in [4.69, 9.17) is 18.8 Å². The Morgan fingerprint density at radius 1 is 1.12 bits per heavy atom. The number of carbonyl (C=O) groups excluding carboxylic acids is 2. The molecule has 3 aliphatic carbocycles. The first-order chi connectivity index (χ1) is 23.9. The second kappa shape index (κ2) is 13.9. The smallest absolute Gasteiger partial charge is 0.444 e. The van der Waals surface area contributed by atoms with Crippen LogP contribution in [0.1, 0.15) is 65.9 Å². The molecule has 8 rings (SSSR count). The van der Waals surface area contributed by atoms with Crippen molar-refractivity contribution in [2.75, 3.05) is 52.5 Å². The van der Waals surface area contributed by atoms with Crippen LogP contribution in [0.3, 0.4) is 0 Å². The van der Waals surface area contributed by atoms with Crippen molar-refractivity contribution in [1.29, 1.82) is 5.26 Å². The molecule has 0 spiro atoms. The van der Waals surface area contributed by atoms with Gasteiger partial charge >= 0.3 is 13.2 Å². The highest BCUT2D eigenvalue weighted by Crippen LogP contribution is 2.65. The number of benzene rings is 1. The minimum Gasteiger partial charge on any atom is -0.444 e. The van der Waals surface area contributed by atoms with E-state index in [1.807, 2.05) is 36.4 Å². The lowest BCUT2D eigenvalue weighted by Gasteiger charge is -2.64. The summed E-state index contributed by atoms with van der Waals surface area (Å²) in [6, 6.07) is 12.7. The Bertz CT molecular complexity index is 1490. The van der Waals surface area contributed by atoms with Crippen molar-refractivity contribution in [3.05, 3.63) is 47.5 Å². The minimum absolute atomic E-state index is 0.00214. The van der Waals surface area contributed by atoms with Crippen LogP contribution in [-0.4, -0.2) is 122 Å². The second-order valence-corrected chi connectivity index (χ2v) is 16.7. The highest BCUT2D eigenvalue weighted by Gasteiger charge is 2.68. The lowest BCUT2D eigenvalue weighted by Crippen LogP contribution is -2.65. The number of nitrogens with one attached hydrogen (secondary N) is 1. The van der Waals surface area contributed by atoms with Crippen molar-refractivity contribution < 1.29 is 28.4 Å². The summed E-state index contributed by atoms with van der Waals surface area (Å²) in [4.78, 5) is 33.7. The molecule has 2 bridgehead atoms. The van der Waals surface area contributed by atoms with Gasteiger partial charge in [-0.2, -0.15) is 5.26 Å². The lowest BCUT2D eigenvalue weighted by atomic mass is 9.43. The molecule has 1 aromatic rings. The van der Waals surface area contributed by atoms with Crippen molar-refractivity contribution in [1.82, 2.24) is 20.0 Å². The van der Waals surface area contributed by atoms with E-state index < -0.39 is 36.4 Å². The van der Waals surface area contributed by atoms with Crippen LogP contribution >= 0.6 is 0 Å². The number of carbonyl (C=O) groups is 2. The number of amides is 2. The van der Waals surface area contributed by atoms with Gasteiger partial charge in [-0.25, -0.2) is 4.79 Å². The normalized spacial score (nSPS) is 32.3. The molecule has 7 fully saturated rings. The van der Waals surface area contributed by atoms with Gasteiger partial charge in [0.25, 0.3) is 5.91 Å². The van der Waals surface area contributed by atoms with Gasteiger partial charge < -0.3 is 29.0 Å². The van der Waals surface area contributed by atoms with Crippen molar-refractivity contribution in [3.8, 4) is 6.07 Å². The number of nitrogens with zero attached hydrogens (tertiary/aromatic N) is 4. The molecule has 0 aromatic heterocycles. The number of hydrogen-bond acceptors (Lipinski definition) is 9. The Kier molecular flexibility index (Phi) is 9.85. The molecule has 1 aromatic carbocycles. The quantitative estimate of drug-likeness (QED) is 0.235. The van der Waals surface area contributed by atoms with Crippen LogP contribution in [0.15, 0.2) is 42.0 Å². The minimum atomic E-state index is -0.598. The molecular weight excluding hydrogens is 633 g/mol. The molecule has 4 aliphatic heterocycles. The number of alkyl carbamates (subject to hydrolysis) is 1. The molecule has 2 amide bonds. The van der Waals surface area contributed by atoms with Crippen LogP contribution in [0.4, 0.5) is 4.79 Å². The van der Waals surface area contributed by atoms with E-state index in [0.717, 1.165) is 57.8 Å². The Balaban J connectivity index is 0.971. The monoisotopic (exact) mass is 687 g/mol. The topological polar surface area (TPSA) is 117 Å². The fraction of sp³-hybridized carbons (Fsp3) is 0.711. The summed E-state index contributed by atoms with van der Waals surface area (Å²) in [6.45, 7) is 17.0. The van der Waals surface area contributed by atoms with E-state index in [9.17, 15) is 14.9 Å². The van der Waals surface area contributed by atoms with Gasteiger partial charge in [0, 0.05) is 38.3 Å². The number of piperazine rings is 1. The average Bonchev–Trinajstić information content (AvgIpc) is 3.44. The summed E-state index contributed by atoms with van der Waals surface area (Å²) in [5.41, 5.74) is 0.555. The molecule has 1 N–H and O–H groups in total. The number of likely N-dealkylation sites (tertiary alicyclic amines) is 1. The van der Waals surface area contributed by atoms with Gasteiger partial charge in [0.05, 0.1) is 43.4 Å². The predicted molar refractivity (Wildman–Crippen MR) is 189 cm³/mol. The molecular formula is C38H54BN5O6. The molecule has 4 heterocycles. The largest absolute Gasteiger partial charge is 0.482 e. The van der Waals surface area contributed by atoms with Gasteiger partial charge in [-0.05, 0) is 81.8 Å². The maximum atomic E-state index is 13.7. The summed E-state index contributed by atoms with van der Waals surface area (Å²) in [5.74, 6) is 0.273. The molecule has 7 aliphatic rings. The number of hydrogen-bond donors (Lipinski definition) is 1. The van der Waals surface area contributed by atoms with E-state index in [-0.39, 0.29) is 29.5 Å². The van der Waals surface area contributed by atoms with Crippen molar-refractivity contribution >= 4 is 19.1 Å². The summed E-state index contributed by atoms with van der Waals surface area (Å²) in [5, 5.41) is 13.2. The molecule has 3 saturated carbocycles. The van der Waals surface area contributed by atoms with Gasteiger partial charge in [0.1, 0.15) is 17.7 Å². The third kappa shape index (κ3) is 6.84. The maximum absolute atomic E-state index is 13.7. The highest BCUT2D eigenvalue weighted by molar-refractivity contribution is 6.48. The molecule has 50 heavy (non-hydrogen) atoms. The van der Waals surface area contributed by atoms with Crippen LogP contribution in [-0.2, 0) is 30.0 Å². The average molecular weight is 688 g/mol. The molecule has 11 nitrogen and oxygen atoms in total. The summed E-state index contributed by atoms with van der Waals surface area (Å²) < 4.78 is 24.7. The van der Waals surface area contributed by atoms with E-state index in [2.05, 4.69) is 55.8 Å². The number of piperidine rings is 1. The predicted octanol–water partition coefficient (Wildman–Crippen LogP) is 3.83. The molecule has 6 atom stereocenters. The van der Waals surface area contributed by atoms with E-state index in [0.29, 0.717) is 43.7 Å². The third-order valence-corrected chi connectivity index (χ3v) is 13.0. The van der Waals surface area contributed by atoms with Crippen LogP contribution in [0.2, 0.25) is 0 Å². The standard InChI is InChI=1S/C38H54BN5O6/c1-36(2,44-16-14-42(15-17-44)29-24-47-25-29)21-27(22-40)34(45)43-13-9-12-30(23-43)48-35(46)41-33(18-26-10-7-6-8-11-26)39-49-32-20-28-19-31(37(28,3)4)38(32,5)50-39/h6-8,10-11,21,28-33H,9,12-20,23-25H2,1-5H3,(H,41,46)/b27-21+/t28-,30-,31-,32+,33-,38-/m0/s1. The first-order valence-corrected chi connectivity index (χ1v) is 18.7. The molecule has 12 heteroatoms. The highest BCUT2D eigenvalue weighted by atomic mass is 16.7. The number of nitriles is 1. The van der Waals surface area contributed by atoms with Crippen molar-refractivity contribution in [2.24, 2.45) is 17.3 Å². The summed E-state index contributed by atoms with van der Waals surface area (Å²) in [6.07, 6.45) is 4.75. The Morgan fingerprint density at radius 2 is 1.86 bits per heavy atom. The zero-order chi connectivity index (χ0) is 35.3. The fourth-order valence-corrected chi connectivity index (χ4v) is 9.56. The van der Waals surface area contributed by atoms with E-state index in [1.165, 1.54) is 0 Å². The van der Waals surface area contributed by atoms with Gasteiger partial charge in [-0.3, -0.25) is 14.6 Å². The zero-order valence-corrected chi connectivity index (χ0v) is 30.4. The lowest BCUT2D eigenvalue weighted by molar-refractivity contribution is -0.199. The van der Waals surface area contributed by atoms with Gasteiger partial charge in [0.2, 0.25) is 0 Å². The van der Waals surface area contributed by atoms with E-state index >= 15 is 0 Å². The van der Waals surface area contributed by atoms with E-state index in [1.54, 1.807) is 4.90 Å². The SMILES string of the molecule is CC1(C)[C@@H]2C[C@H]3OB([C@H](Cc4ccccc4)NC(=O)O[C@H]4CCCN(C(=O)/C(C#N)=C/C(C)(C)N5CCN(C6COC6)CC5)C4)O[C@@]3(C)[C@H]1C2. The first-order valence-electron chi connectivity index (χ1n) is 18.7. The Labute approximate surface area is 297 Å². The maximum Gasteiger partial charge on any atom is 0.482 e. The molecule has 4 saturated heterocycles. The van der Waals surface area contributed by atoms with Gasteiger partial charge in [-0.1, -0.05) is 44.2 Å². The van der Waals surface area contributed by atoms with Crippen LogP contribution in [0.25, 0.3) is 0 Å². The van der Waals surface area contributed by atoms with Crippen molar-refractivity contribution in [3.63, 3.8) is 0 Å². The summed E-state index contributed by atoms with van der Waals surface area (Å²) in [7, 11) is -0.598. The third-order valence-electron chi connectivity index (χ3n) is 13.0. The number of ether oxygens (including phenoxy) is 2. The van der Waals surface area contributed by atoms with Crippen LogP contribution in [0.5, 0.6) is 0 Å². The Morgan fingerprint density at radius 3 is 2.52 bits per heavy atom. The molecule has 0 unspecified atom stereocenters. The van der Waals surface area contributed by atoms with Gasteiger partial charge in [0.15, 0.2) is 0 Å². The number of rotatable bonds is 9. The van der Waals surface area contributed by atoms with Crippen molar-refractivity contribution in [2.45, 2.75) is 102 Å². The van der Waals surface area contributed by atoms with Gasteiger partial charge in [-0.15, -0.1) is 0 Å². The zero-order valence-electron chi connectivity index (χ0n) is 30.4. The first kappa shape index (κ1) is 35.5. The molecule has 0 radical (unpaired) electrons. The second-order valence-electron chi connectivity index (χ2n) is 16.7. The summed E-state index contributed by atoms with van der Waals surface area (Å²) >= 11 is 0. The van der Waals surface area contributed by atoms with Crippen LogP contribution in [0, 0.1) is 28.6 Å². The Hall–Kier alpha value is -2.95. The van der Waals surface area contributed by atoms with Crippen LogP contribution < -0.4 is 5.32 Å².